The van der Waals surface area contributed by atoms with E-state index in [0.717, 1.165) is 18.7 Å². The summed E-state index contributed by atoms with van der Waals surface area (Å²) in [6.45, 7) is 8.45. The van der Waals surface area contributed by atoms with E-state index in [1.54, 1.807) is 12.3 Å². The average molecular weight is 251 g/mol. The predicted molar refractivity (Wildman–Crippen MR) is 72.9 cm³/mol. The quantitative estimate of drug-likeness (QED) is 0.862. The monoisotopic (exact) mass is 251 g/mol. The lowest BCUT2D eigenvalue weighted by Gasteiger charge is -2.19. The molecular weight excluding hydrogens is 230 g/mol. The van der Waals surface area contributed by atoms with Gasteiger partial charge in [-0.2, -0.15) is 0 Å². The van der Waals surface area contributed by atoms with E-state index in [9.17, 15) is 4.79 Å². The van der Waals surface area contributed by atoms with Gasteiger partial charge in [-0.05, 0) is 39.3 Å². The van der Waals surface area contributed by atoms with Crippen LogP contribution >= 0.6 is 0 Å². The number of carbonyl (C=O) groups excluding carboxylic acids is 1. The predicted octanol–water partition coefficient (Wildman–Crippen LogP) is 3.25. The van der Waals surface area contributed by atoms with Crippen LogP contribution in [0.1, 0.15) is 34.1 Å². The molecule has 0 aliphatic heterocycles. The molecule has 0 aliphatic rings. The Balaban J connectivity index is 2.50. The number of anilines is 2. The minimum atomic E-state index is -0.507. The average Bonchev–Trinajstić information content (AvgIpc) is 2.25. The largest absolute Gasteiger partial charge is 0.444 e. The number of pyridine rings is 1. The van der Waals surface area contributed by atoms with Gasteiger partial charge in [0.1, 0.15) is 11.4 Å². The zero-order valence-electron chi connectivity index (χ0n) is 11.4. The molecule has 0 saturated carbocycles. The fraction of sp³-hybridized carbons (Fsp3) is 0.538. The van der Waals surface area contributed by atoms with Crippen LogP contribution in [0, 0.1) is 0 Å². The van der Waals surface area contributed by atoms with Crippen LogP contribution in [0.2, 0.25) is 0 Å². The number of aromatic nitrogens is 1. The number of nitrogens with one attached hydrogen (secondary N) is 2. The summed E-state index contributed by atoms with van der Waals surface area (Å²) in [4.78, 5) is 15.6. The van der Waals surface area contributed by atoms with E-state index in [0.29, 0.717) is 5.82 Å². The maximum atomic E-state index is 11.5. The Morgan fingerprint density at radius 2 is 2.11 bits per heavy atom. The molecule has 0 fully saturated rings. The smallest absolute Gasteiger partial charge is 0.413 e. The molecule has 18 heavy (non-hydrogen) atoms. The minimum absolute atomic E-state index is 0.478. The van der Waals surface area contributed by atoms with E-state index < -0.39 is 11.7 Å². The first kappa shape index (κ1) is 14.3. The Hall–Kier alpha value is -1.78. The van der Waals surface area contributed by atoms with Gasteiger partial charge >= 0.3 is 6.09 Å². The first-order chi connectivity index (χ1) is 8.40. The number of amides is 1. The Bertz CT molecular complexity index is 382. The van der Waals surface area contributed by atoms with E-state index in [4.69, 9.17) is 4.74 Å². The molecule has 0 aliphatic carbocycles. The van der Waals surface area contributed by atoms with Gasteiger partial charge in [0, 0.05) is 6.54 Å². The van der Waals surface area contributed by atoms with Crippen molar-refractivity contribution in [3.05, 3.63) is 18.3 Å². The van der Waals surface area contributed by atoms with Crippen molar-refractivity contribution in [3.63, 3.8) is 0 Å². The van der Waals surface area contributed by atoms with Gasteiger partial charge in [0.25, 0.3) is 0 Å². The summed E-state index contributed by atoms with van der Waals surface area (Å²) in [5.41, 5.74) is 0.429. The first-order valence-corrected chi connectivity index (χ1v) is 6.10. The molecule has 2 N–H and O–H groups in total. The molecule has 5 nitrogen and oxygen atoms in total. The van der Waals surface area contributed by atoms with Crippen molar-refractivity contribution >= 4 is 17.6 Å². The number of ether oxygens (including phenoxy) is 1. The van der Waals surface area contributed by atoms with Gasteiger partial charge in [-0.15, -0.1) is 0 Å². The number of hydrogen-bond donors (Lipinski definition) is 2. The summed E-state index contributed by atoms with van der Waals surface area (Å²) in [7, 11) is 0. The molecule has 1 heterocycles. The SMILES string of the molecule is CCCNc1ccc(NC(=O)OC(C)(C)C)nc1. The number of rotatable bonds is 4. The maximum absolute atomic E-state index is 11.5. The van der Waals surface area contributed by atoms with Crippen LogP contribution in [0.4, 0.5) is 16.3 Å². The second kappa shape index (κ2) is 6.23. The van der Waals surface area contributed by atoms with E-state index in [2.05, 4.69) is 22.5 Å². The lowest BCUT2D eigenvalue weighted by Crippen LogP contribution is -2.27. The highest BCUT2D eigenvalue weighted by molar-refractivity contribution is 5.83. The second-order valence-corrected chi connectivity index (χ2v) is 4.99. The summed E-state index contributed by atoms with van der Waals surface area (Å²) in [6.07, 6.45) is 2.24. The molecule has 0 aromatic carbocycles. The molecule has 1 aromatic heterocycles. The van der Waals surface area contributed by atoms with E-state index >= 15 is 0 Å². The zero-order valence-corrected chi connectivity index (χ0v) is 11.4. The highest BCUT2D eigenvalue weighted by Gasteiger charge is 2.16. The van der Waals surface area contributed by atoms with Crippen LogP contribution in [-0.2, 0) is 4.74 Å². The van der Waals surface area contributed by atoms with Crippen molar-refractivity contribution < 1.29 is 9.53 Å². The normalized spacial score (nSPS) is 10.9. The second-order valence-electron chi connectivity index (χ2n) is 4.99. The first-order valence-electron chi connectivity index (χ1n) is 6.10. The molecular formula is C13H21N3O2. The number of hydrogen-bond acceptors (Lipinski definition) is 4. The molecule has 0 spiro atoms. The summed E-state index contributed by atoms with van der Waals surface area (Å²) in [5, 5.41) is 5.79. The van der Waals surface area contributed by atoms with Crippen molar-refractivity contribution in [1.29, 1.82) is 0 Å². The molecule has 1 aromatic rings. The van der Waals surface area contributed by atoms with Crippen LogP contribution in [-0.4, -0.2) is 23.2 Å². The lowest BCUT2D eigenvalue weighted by atomic mass is 10.2. The summed E-state index contributed by atoms with van der Waals surface area (Å²) < 4.78 is 5.13. The van der Waals surface area contributed by atoms with Crippen LogP contribution < -0.4 is 10.6 Å². The molecule has 0 bridgehead atoms. The topological polar surface area (TPSA) is 63.2 Å². The summed E-state index contributed by atoms with van der Waals surface area (Å²) in [6, 6.07) is 3.61. The van der Waals surface area contributed by atoms with Gasteiger partial charge in [-0.25, -0.2) is 9.78 Å². The van der Waals surface area contributed by atoms with Crippen LogP contribution in [0.3, 0.4) is 0 Å². The maximum Gasteiger partial charge on any atom is 0.413 e. The third-order valence-corrected chi connectivity index (χ3v) is 1.97. The van der Waals surface area contributed by atoms with E-state index in [1.165, 1.54) is 0 Å². The molecule has 1 rings (SSSR count). The van der Waals surface area contributed by atoms with Gasteiger partial charge in [-0.3, -0.25) is 5.32 Å². The van der Waals surface area contributed by atoms with Gasteiger partial charge in [0.15, 0.2) is 0 Å². The van der Waals surface area contributed by atoms with Gasteiger partial charge in [-0.1, -0.05) is 6.92 Å². The summed E-state index contributed by atoms with van der Waals surface area (Å²) in [5.74, 6) is 0.478. The van der Waals surface area contributed by atoms with Crippen molar-refractivity contribution in [2.24, 2.45) is 0 Å². The lowest BCUT2D eigenvalue weighted by molar-refractivity contribution is 0.0635. The Morgan fingerprint density at radius 3 is 2.61 bits per heavy atom. The molecule has 0 unspecified atom stereocenters. The highest BCUT2D eigenvalue weighted by atomic mass is 16.6. The van der Waals surface area contributed by atoms with Crippen LogP contribution in [0.15, 0.2) is 18.3 Å². The molecule has 0 saturated heterocycles. The highest BCUT2D eigenvalue weighted by Crippen LogP contribution is 2.12. The number of nitrogens with zero attached hydrogens (tertiary/aromatic N) is 1. The van der Waals surface area contributed by atoms with Gasteiger partial charge in [0.05, 0.1) is 11.9 Å². The van der Waals surface area contributed by atoms with Crippen molar-refractivity contribution in [2.45, 2.75) is 39.7 Å². The fourth-order valence-electron chi connectivity index (χ4n) is 1.25. The summed E-state index contributed by atoms with van der Waals surface area (Å²) >= 11 is 0. The van der Waals surface area contributed by atoms with Crippen LogP contribution in [0.25, 0.3) is 0 Å². The molecule has 0 atom stereocenters. The van der Waals surface area contributed by atoms with E-state index in [-0.39, 0.29) is 0 Å². The minimum Gasteiger partial charge on any atom is -0.444 e. The standard InChI is InChI=1S/C13H21N3O2/c1-5-8-14-10-6-7-11(15-9-10)16-12(17)18-13(2,3)4/h6-7,9,14H,5,8H2,1-4H3,(H,15,16,17). The van der Waals surface area contributed by atoms with Gasteiger partial charge < -0.3 is 10.1 Å². The Labute approximate surface area is 108 Å². The third-order valence-electron chi connectivity index (χ3n) is 1.97. The zero-order chi connectivity index (χ0) is 13.6. The van der Waals surface area contributed by atoms with Crippen molar-refractivity contribution in [2.75, 3.05) is 17.2 Å². The van der Waals surface area contributed by atoms with Crippen molar-refractivity contribution in [1.82, 2.24) is 4.98 Å². The van der Waals surface area contributed by atoms with Crippen molar-refractivity contribution in [3.8, 4) is 0 Å². The Morgan fingerprint density at radius 1 is 1.39 bits per heavy atom. The molecule has 0 radical (unpaired) electrons. The molecule has 100 valence electrons. The molecule has 1 amide bonds. The van der Waals surface area contributed by atoms with Gasteiger partial charge in [0.2, 0.25) is 0 Å². The van der Waals surface area contributed by atoms with E-state index in [1.807, 2.05) is 26.8 Å². The number of carbonyl (C=O) groups is 1. The Kier molecular flexibility index (Phi) is 4.95. The van der Waals surface area contributed by atoms with Crippen LogP contribution in [0.5, 0.6) is 0 Å². The third kappa shape index (κ3) is 5.52. The molecule has 5 heteroatoms. The fourth-order valence-corrected chi connectivity index (χ4v) is 1.25.